The molecule has 3 N–H and O–H groups in total. The summed E-state index contributed by atoms with van der Waals surface area (Å²) < 4.78 is 14.5. The minimum atomic E-state index is -4.31. The first kappa shape index (κ1) is 13.6. The predicted octanol–water partition coefficient (Wildman–Crippen LogP) is 0.402. The van der Waals surface area contributed by atoms with Crippen molar-refractivity contribution in [3.8, 4) is 0 Å². The van der Waals surface area contributed by atoms with E-state index in [0.717, 1.165) is 12.8 Å². The van der Waals surface area contributed by atoms with E-state index in [1.54, 1.807) is 0 Å². The summed E-state index contributed by atoms with van der Waals surface area (Å²) in [4.78, 5) is 27.1. The maximum Gasteiger partial charge on any atom is 0.469 e. The van der Waals surface area contributed by atoms with Crippen LogP contribution in [0.4, 0.5) is 0 Å². The lowest BCUT2D eigenvalue weighted by Gasteiger charge is -2.04. The van der Waals surface area contributed by atoms with Crippen molar-refractivity contribution in [1.82, 2.24) is 5.32 Å². The van der Waals surface area contributed by atoms with Gasteiger partial charge in [0.15, 0.2) is 0 Å². The molecule has 0 heterocycles. The van der Waals surface area contributed by atoms with Gasteiger partial charge in [0.25, 0.3) is 0 Å². The molecule has 0 fully saturated rings. The van der Waals surface area contributed by atoms with Crippen LogP contribution in [0.5, 0.6) is 0 Å². The topological polar surface area (TPSA) is 95.9 Å². The van der Waals surface area contributed by atoms with E-state index in [1.807, 2.05) is 0 Å². The Balaban J connectivity index is 3.15. The standard InChI is InChI=1S/C7H16NO5P/c1-7(9)8-5-3-2-4-6-13-14(10,11)12/h2-6H2,1H3,(H,8,9)(H2,10,11,12). The number of phosphoric ester groups is 1. The van der Waals surface area contributed by atoms with Gasteiger partial charge < -0.3 is 15.1 Å². The van der Waals surface area contributed by atoms with E-state index in [0.29, 0.717) is 13.0 Å². The van der Waals surface area contributed by atoms with E-state index >= 15 is 0 Å². The molecule has 0 aromatic rings. The van der Waals surface area contributed by atoms with Gasteiger partial charge in [0.2, 0.25) is 5.91 Å². The molecule has 0 aromatic heterocycles. The van der Waals surface area contributed by atoms with Crippen LogP contribution in [0, 0.1) is 0 Å². The first-order valence-corrected chi connectivity index (χ1v) is 5.89. The average Bonchev–Trinajstić information content (AvgIpc) is 2.00. The summed E-state index contributed by atoms with van der Waals surface area (Å²) in [5.41, 5.74) is 0. The quantitative estimate of drug-likeness (QED) is 0.430. The molecule has 0 aliphatic carbocycles. The Morgan fingerprint density at radius 2 is 2.00 bits per heavy atom. The Hall–Kier alpha value is -0.420. The lowest BCUT2D eigenvalue weighted by Crippen LogP contribution is -2.20. The summed E-state index contributed by atoms with van der Waals surface area (Å²) in [5, 5.41) is 2.62. The normalized spacial score (nSPS) is 11.4. The van der Waals surface area contributed by atoms with E-state index in [2.05, 4.69) is 9.84 Å². The minimum absolute atomic E-state index is 0.0460. The first-order valence-electron chi connectivity index (χ1n) is 4.36. The Labute approximate surface area is 82.9 Å². The van der Waals surface area contributed by atoms with Crippen molar-refractivity contribution in [3.05, 3.63) is 0 Å². The van der Waals surface area contributed by atoms with Crippen molar-refractivity contribution in [2.45, 2.75) is 26.2 Å². The van der Waals surface area contributed by atoms with Gasteiger partial charge in [-0.1, -0.05) is 0 Å². The third-order valence-electron chi connectivity index (χ3n) is 1.45. The Kier molecular flexibility index (Phi) is 6.74. The lowest BCUT2D eigenvalue weighted by molar-refractivity contribution is -0.118. The second-order valence-electron chi connectivity index (χ2n) is 2.87. The fourth-order valence-corrected chi connectivity index (χ4v) is 1.22. The van der Waals surface area contributed by atoms with E-state index < -0.39 is 7.82 Å². The van der Waals surface area contributed by atoms with Crippen molar-refractivity contribution in [2.24, 2.45) is 0 Å². The number of unbranched alkanes of at least 4 members (excludes halogenated alkanes) is 2. The van der Waals surface area contributed by atoms with E-state index in [-0.39, 0.29) is 12.5 Å². The zero-order valence-corrected chi connectivity index (χ0v) is 9.00. The third kappa shape index (κ3) is 11.6. The van der Waals surface area contributed by atoms with Gasteiger partial charge in [0.05, 0.1) is 6.61 Å². The van der Waals surface area contributed by atoms with Crippen molar-refractivity contribution >= 4 is 13.7 Å². The summed E-state index contributed by atoms with van der Waals surface area (Å²) in [6.45, 7) is 2.08. The van der Waals surface area contributed by atoms with Crippen LogP contribution < -0.4 is 5.32 Å². The van der Waals surface area contributed by atoms with E-state index in [1.165, 1.54) is 6.92 Å². The van der Waals surface area contributed by atoms with Crippen LogP contribution in [0.1, 0.15) is 26.2 Å². The molecule has 0 radical (unpaired) electrons. The number of amides is 1. The van der Waals surface area contributed by atoms with Crippen molar-refractivity contribution in [3.63, 3.8) is 0 Å². The Morgan fingerprint density at radius 1 is 1.36 bits per heavy atom. The number of hydrogen-bond acceptors (Lipinski definition) is 3. The van der Waals surface area contributed by atoms with Gasteiger partial charge in [0, 0.05) is 13.5 Å². The smallest absolute Gasteiger partial charge is 0.356 e. The van der Waals surface area contributed by atoms with Gasteiger partial charge in [-0.2, -0.15) is 0 Å². The Morgan fingerprint density at radius 3 is 2.50 bits per heavy atom. The highest BCUT2D eigenvalue weighted by atomic mass is 31.2. The van der Waals surface area contributed by atoms with Crippen LogP contribution in [0.3, 0.4) is 0 Å². The summed E-state index contributed by atoms with van der Waals surface area (Å²) in [6.07, 6.45) is 2.12. The largest absolute Gasteiger partial charge is 0.469 e. The highest BCUT2D eigenvalue weighted by Crippen LogP contribution is 2.35. The van der Waals surface area contributed by atoms with Gasteiger partial charge in [-0.15, -0.1) is 0 Å². The van der Waals surface area contributed by atoms with E-state index in [9.17, 15) is 9.36 Å². The maximum absolute atomic E-state index is 10.4. The molecule has 1 amide bonds. The molecule has 0 saturated heterocycles. The molecule has 0 aliphatic rings. The number of carbonyl (C=O) groups excluding carboxylic acids is 1. The van der Waals surface area contributed by atoms with Gasteiger partial charge in [-0.05, 0) is 19.3 Å². The predicted molar refractivity (Wildman–Crippen MR) is 50.5 cm³/mol. The van der Waals surface area contributed by atoms with Crippen LogP contribution >= 0.6 is 7.82 Å². The lowest BCUT2D eigenvalue weighted by atomic mass is 10.2. The highest BCUT2D eigenvalue weighted by molar-refractivity contribution is 7.46. The zero-order chi connectivity index (χ0) is 11.0. The van der Waals surface area contributed by atoms with Gasteiger partial charge in [-0.25, -0.2) is 4.57 Å². The molecular formula is C7H16NO5P. The van der Waals surface area contributed by atoms with Crippen LogP contribution in [0.25, 0.3) is 0 Å². The van der Waals surface area contributed by atoms with Crippen LogP contribution in [-0.4, -0.2) is 28.8 Å². The molecule has 0 spiro atoms. The van der Waals surface area contributed by atoms with Crippen molar-refractivity contribution in [1.29, 1.82) is 0 Å². The second kappa shape index (κ2) is 6.95. The summed E-state index contributed by atoms with van der Waals surface area (Å²) in [7, 11) is -4.31. The molecule has 0 saturated carbocycles. The molecule has 6 nitrogen and oxygen atoms in total. The summed E-state index contributed by atoms with van der Waals surface area (Å²) in [6, 6.07) is 0. The Bertz CT molecular complexity index is 214. The van der Waals surface area contributed by atoms with Gasteiger partial charge >= 0.3 is 7.82 Å². The fourth-order valence-electron chi connectivity index (χ4n) is 0.852. The van der Waals surface area contributed by atoms with Crippen LogP contribution in [0.2, 0.25) is 0 Å². The highest BCUT2D eigenvalue weighted by Gasteiger charge is 2.12. The molecule has 7 heteroatoms. The monoisotopic (exact) mass is 225 g/mol. The van der Waals surface area contributed by atoms with Crippen LogP contribution in [0.15, 0.2) is 0 Å². The molecule has 14 heavy (non-hydrogen) atoms. The molecule has 0 bridgehead atoms. The average molecular weight is 225 g/mol. The molecule has 0 unspecified atom stereocenters. The number of hydrogen-bond donors (Lipinski definition) is 3. The zero-order valence-electron chi connectivity index (χ0n) is 8.10. The first-order chi connectivity index (χ1) is 6.42. The minimum Gasteiger partial charge on any atom is -0.356 e. The summed E-state index contributed by atoms with van der Waals surface area (Å²) >= 11 is 0. The number of phosphoric acid groups is 1. The maximum atomic E-state index is 10.4. The molecule has 0 aromatic carbocycles. The van der Waals surface area contributed by atoms with Gasteiger partial charge in [0.1, 0.15) is 0 Å². The molecule has 84 valence electrons. The summed E-state index contributed by atoms with van der Waals surface area (Å²) in [5.74, 6) is -0.0727. The number of rotatable bonds is 7. The second-order valence-corrected chi connectivity index (χ2v) is 4.11. The molecule has 0 rings (SSSR count). The molecule has 0 atom stereocenters. The number of nitrogens with one attached hydrogen (secondary N) is 1. The molecule has 0 aliphatic heterocycles. The number of carbonyl (C=O) groups is 1. The third-order valence-corrected chi connectivity index (χ3v) is 1.97. The van der Waals surface area contributed by atoms with Crippen LogP contribution in [-0.2, 0) is 13.9 Å². The SMILES string of the molecule is CC(=O)NCCCCCOP(=O)(O)O. The van der Waals surface area contributed by atoms with Gasteiger partial charge in [-0.3, -0.25) is 9.32 Å². The fraction of sp³-hybridized carbons (Fsp3) is 0.857. The van der Waals surface area contributed by atoms with Crippen molar-refractivity contribution < 1.29 is 23.7 Å². The molecular weight excluding hydrogens is 209 g/mol. The van der Waals surface area contributed by atoms with E-state index in [4.69, 9.17) is 9.79 Å². The van der Waals surface area contributed by atoms with Crippen molar-refractivity contribution in [2.75, 3.05) is 13.2 Å².